The van der Waals surface area contributed by atoms with Gasteiger partial charge in [-0.2, -0.15) is 0 Å². The molecule has 0 fully saturated rings. The van der Waals surface area contributed by atoms with Gasteiger partial charge in [0.25, 0.3) is 0 Å². The van der Waals surface area contributed by atoms with E-state index in [1.54, 1.807) is 0 Å². The Morgan fingerprint density at radius 1 is 1.18 bits per heavy atom. The average molecular weight is 234 g/mol. The second-order valence-electron chi connectivity index (χ2n) is 5.67. The van der Waals surface area contributed by atoms with E-state index >= 15 is 0 Å². The Balaban J connectivity index is 2.70. The highest BCUT2D eigenvalue weighted by molar-refractivity contribution is 5.34. The average Bonchev–Trinajstić information content (AvgIpc) is 2.25. The molecule has 17 heavy (non-hydrogen) atoms. The minimum atomic E-state index is 0.237. The third-order valence-corrected chi connectivity index (χ3v) is 3.09. The van der Waals surface area contributed by atoms with Crippen LogP contribution in [0.3, 0.4) is 0 Å². The van der Waals surface area contributed by atoms with Gasteiger partial charge < -0.3 is 10.6 Å². The highest BCUT2D eigenvalue weighted by Crippen LogP contribution is 2.24. The van der Waals surface area contributed by atoms with Crippen LogP contribution >= 0.6 is 0 Å². The van der Waals surface area contributed by atoms with E-state index in [2.05, 4.69) is 56.5 Å². The Morgan fingerprint density at radius 2 is 1.88 bits per heavy atom. The third kappa shape index (κ3) is 4.49. The molecule has 1 rings (SSSR count). The minimum absolute atomic E-state index is 0.237. The Bertz CT molecular complexity index is 350. The first-order valence-corrected chi connectivity index (χ1v) is 6.40. The fourth-order valence-corrected chi connectivity index (χ4v) is 1.84. The van der Waals surface area contributed by atoms with Crippen molar-refractivity contribution in [1.29, 1.82) is 0 Å². The maximum absolute atomic E-state index is 3.36. The van der Waals surface area contributed by atoms with Crippen LogP contribution in [0, 0.1) is 6.92 Å². The van der Waals surface area contributed by atoms with E-state index in [0.717, 1.165) is 19.6 Å². The molecule has 1 aromatic rings. The zero-order valence-corrected chi connectivity index (χ0v) is 11.9. The largest absolute Gasteiger partial charge is 0.308 e. The molecule has 0 spiro atoms. The number of aryl methyl sites for hydroxylation is 1. The molecule has 1 aromatic carbocycles. The normalized spacial score (nSPS) is 11.8. The third-order valence-electron chi connectivity index (χ3n) is 3.09. The molecule has 0 amide bonds. The predicted molar refractivity (Wildman–Crippen MR) is 75.5 cm³/mol. The standard InChI is InChI=1S/C15H26N2/c1-12-6-7-14(15(2,3)4)10-13(12)8-9-17-11-16-5/h6-7,10,16-17H,8-9,11H2,1-5H3. The lowest BCUT2D eigenvalue weighted by Crippen LogP contribution is -2.27. The Labute approximate surface area is 106 Å². The smallest absolute Gasteiger partial charge is 0.0451 e. The van der Waals surface area contributed by atoms with Gasteiger partial charge in [-0.05, 0) is 42.5 Å². The van der Waals surface area contributed by atoms with Gasteiger partial charge in [-0.3, -0.25) is 0 Å². The van der Waals surface area contributed by atoms with Gasteiger partial charge in [0.1, 0.15) is 0 Å². The number of hydrogen-bond donors (Lipinski definition) is 2. The predicted octanol–water partition coefficient (Wildman–Crippen LogP) is 2.60. The van der Waals surface area contributed by atoms with Gasteiger partial charge in [0.05, 0.1) is 0 Å². The van der Waals surface area contributed by atoms with Gasteiger partial charge in [-0.15, -0.1) is 0 Å². The number of benzene rings is 1. The van der Waals surface area contributed by atoms with Crippen LogP contribution in [0.5, 0.6) is 0 Å². The molecule has 0 heterocycles. The molecule has 0 radical (unpaired) electrons. The van der Waals surface area contributed by atoms with E-state index < -0.39 is 0 Å². The summed E-state index contributed by atoms with van der Waals surface area (Å²) in [7, 11) is 1.96. The van der Waals surface area contributed by atoms with Gasteiger partial charge in [-0.25, -0.2) is 0 Å². The molecule has 2 N–H and O–H groups in total. The number of nitrogens with one attached hydrogen (secondary N) is 2. The molecule has 0 aliphatic carbocycles. The van der Waals surface area contributed by atoms with Crippen LogP contribution in [-0.2, 0) is 11.8 Å². The van der Waals surface area contributed by atoms with Gasteiger partial charge in [0.15, 0.2) is 0 Å². The highest BCUT2D eigenvalue weighted by Gasteiger charge is 2.14. The lowest BCUT2D eigenvalue weighted by atomic mass is 9.85. The Hall–Kier alpha value is -0.860. The highest BCUT2D eigenvalue weighted by atomic mass is 15.0. The molecule has 2 heteroatoms. The fourth-order valence-electron chi connectivity index (χ4n) is 1.84. The lowest BCUT2D eigenvalue weighted by molar-refractivity contribution is 0.587. The molecular weight excluding hydrogens is 208 g/mol. The molecule has 0 atom stereocenters. The second kappa shape index (κ2) is 6.18. The number of hydrogen-bond acceptors (Lipinski definition) is 2. The summed E-state index contributed by atoms with van der Waals surface area (Å²) in [5.41, 5.74) is 4.51. The summed E-state index contributed by atoms with van der Waals surface area (Å²) in [5, 5.41) is 6.45. The van der Waals surface area contributed by atoms with Crippen LogP contribution in [0.25, 0.3) is 0 Å². The fraction of sp³-hybridized carbons (Fsp3) is 0.600. The molecule has 0 saturated carbocycles. The summed E-state index contributed by atoms with van der Waals surface area (Å²) >= 11 is 0. The Morgan fingerprint density at radius 3 is 2.47 bits per heavy atom. The summed E-state index contributed by atoms with van der Waals surface area (Å²) in [6.45, 7) is 10.9. The molecule has 0 unspecified atom stereocenters. The van der Waals surface area contributed by atoms with Crippen LogP contribution in [0.15, 0.2) is 18.2 Å². The molecule has 2 nitrogen and oxygen atoms in total. The first kappa shape index (κ1) is 14.2. The van der Waals surface area contributed by atoms with Crippen LogP contribution in [0.4, 0.5) is 0 Å². The monoisotopic (exact) mass is 234 g/mol. The minimum Gasteiger partial charge on any atom is -0.308 e. The zero-order chi connectivity index (χ0) is 12.9. The van der Waals surface area contributed by atoms with Crippen LogP contribution in [0.2, 0.25) is 0 Å². The maximum atomic E-state index is 3.36. The van der Waals surface area contributed by atoms with E-state index in [1.807, 2.05) is 7.05 Å². The number of rotatable bonds is 5. The SMILES string of the molecule is CNCNCCc1cc(C(C)(C)C)ccc1C. The Kier molecular flexibility index (Phi) is 5.16. The molecule has 0 aromatic heterocycles. The van der Waals surface area contributed by atoms with Crippen molar-refractivity contribution in [3.05, 3.63) is 34.9 Å². The summed E-state index contributed by atoms with van der Waals surface area (Å²) in [5.74, 6) is 0. The van der Waals surface area contributed by atoms with Gasteiger partial charge in [0, 0.05) is 13.2 Å². The van der Waals surface area contributed by atoms with Crippen molar-refractivity contribution >= 4 is 0 Å². The topological polar surface area (TPSA) is 24.1 Å². The molecular formula is C15H26N2. The molecule has 96 valence electrons. The zero-order valence-electron chi connectivity index (χ0n) is 11.9. The van der Waals surface area contributed by atoms with Crippen LogP contribution in [-0.4, -0.2) is 20.3 Å². The lowest BCUT2D eigenvalue weighted by Gasteiger charge is -2.21. The first-order chi connectivity index (χ1) is 7.95. The van der Waals surface area contributed by atoms with E-state index in [9.17, 15) is 0 Å². The molecule has 0 saturated heterocycles. The van der Waals surface area contributed by atoms with E-state index in [4.69, 9.17) is 0 Å². The van der Waals surface area contributed by atoms with Crippen LogP contribution < -0.4 is 10.6 Å². The van der Waals surface area contributed by atoms with Crippen molar-refractivity contribution < 1.29 is 0 Å². The van der Waals surface area contributed by atoms with Gasteiger partial charge >= 0.3 is 0 Å². The second-order valence-corrected chi connectivity index (χ2v) is 5.67. The molecule has 0 bridgehead atoms. The van der Waals surface area contributed by atoms with E-state index in [-0.39, 0.29) is 5.41 Å². The van der Waals surface area contributed by atoms with Crippen molar-refractivity contribution in [3.63, 3.8) is 0 Å². The molecule has 0 aliphatic rings. The van der Waals surface area contributed by atoms with Crippen molar-refractivity contribution in [2.75, 3.05) is 20.3 Å². The van der Waals surface area contributed by atoms with Crippen molar-refractivity contribution in [2.24, 2.45) is 0 Å². The van der Waals surface area contributed by atoms with E-state index in [0.29, 0.717) is 0 Å². The van der Waals surface area contributed by atoms with E-state index in [1.165, 1.54) is 16.7 Å². The van der Waals surface area contributed by atoms with Crippen molar-refractivity contribution in [3.8, 4) is 0 Å². The summed E-state index contributed by atoms with van der Waals surface area (Å²) in [6, 6.07) is 6.85. The summed E-state index contributed by atoms with van der Waals surface area (Å²) in [4.78, 5) is 0. The van der Waals surface area contributed by atoms with Crippen molar-refractivity contribution in [1.82, 2.24) is 10.6 Å². The maximum Gasteiger partial charge on any atom is 0.0451 e. The van der Waals surface area contributed by atoms with Crippen molar-refractivity contribution in [2.45, 2.75) is 39.5 Å². The summed E-state index contributed by atoms with van der Waals surface area (Å²) < 4.78 is 0. The molecule has 0 aliphatic heterocycles. The quantitative estimate of drug-likeness (QED) is 0.604. The van der Waals surface area contributed by atoms with Gasteiger partial charge in [0.2, 0.25) is 0 Å². The first-order valence-electron chi connectivity index (χ1n) is 6.40. The summed E-state index contributed by atoms with van der Waals surface area (Å²) in [6.07, 6.45) is 1.09. The van der Waals surface area contributed by atoms with Crippen LogP contribution in [0.1, 0.15) is 37.5 Å². The van der Waals surface area contributed by atoms with Gasteiger partial charge in [-0.1, -0.05) is 39.0 Å².